The van der Waals surface area contributed by atoms with Crippen LogP contribution in [-0.4, -0.2) is 22.5 Å². The van der Waals surface area contributed by atoms with E-state index in [1.807, 2.05) is 43.5 Å². The molecule has 0 aliphatic heterocycles. The number of fused-ring (bicyclic) bond motifs is 1. The average Bonchev–Trinajstić information content (AvgIpc) is 3.10. The maximum atomic E-state index is 13.2. The number of hydrogen-bond acceptors (Lipinski definition) is 3. The summed E-state index contributed by atoms with van der Waals surface area (Å²) < 4.78 is 20.6. The molecule has 148 valence electrons. The highest BCUT2D eigenvalue weighted by Gasteiger charge is 2.34. The maximum absolute atomic E-state index is 13.2. The number of carbonyl (C=O) groups excluding carboxylic acids is 1. The van der Waals surface area contributed by atoms with E-state index < -0.39 is 6.09 Å². The molecular weight excluding hydrogens is 369 g/mol. The number of para-hydroxylation sites is 1. The van der Waals surface area contributed by atoms with Gasteiger partial charge < -0.3 is 4.74 Å². The quantitative estimate of drug-likeness (QED) is 0.663. The Labute approximate surface area is 168 Å². The Morgan fingerprint density at radius 2 is 1.93 bits per heavy atom. The van der Waals surface area contributed by atoms with Crippen molar-refractivity contribution in [3.05, 3.63) is 83.4 Å². The van der Waals surface area contributed by atoms with Gasteiger partial charge in [0.05, 0.1) is 17.6 Å². The minimum absolute atomic E-state index is 0.259. The lowest BCUT2D eigenvalue weighted by Crippen LogP contribution is -2.32. The van der Waals surface area contributed by atoms with Crippen molar-refractivity contribution in [2.75, 3.05) is 11.9 Å². The van der Waals surface area contributed by atoms with E-state index in [1.54, 1.807) is 16.8 Å². The topological polar surface area (TPSA) is 56.2 Å². The fourth-order valence-corrected chi connectivity index (χ4v) is 3.47. The number of anilines is 1. The lowest BCUT2D eigenvalue weighted by molar-refractivity contribution is 0.117. The predicted molar refractivity (Wildman–Crippen MR) is 110 cm³/mol. The van der Waals surface area contributed by atoms with Crippen molar-refractivity contribution in [2.45, 2.75) is 20.3 Å². The van der Waals surface area contributed by atoms with Crippen LogP contribution in [0.15, 0.2) is 66.4 Å². The first-order valence-corrected chi connectivity index (χ1v) is 9.45. The molecular formula is C23H22FN3O2. The predicted octanol–water partition coefficient (Wildman–Crippen LogP) is 5.23. The molecule has 1 atom stereocenters. The van der Waals surface area contributed by atoms with Crippen molar-refractivity contribution >= 4 is 17.9 Å². The molecule has 1 aromatic heterocycles. The van der Waals surface area contributed by atoms with Gasteiger partial charge in [-0.05, 0) is 61.4 Å². The first-order valence-electron chi connectivity index (χ1n) is 9.45. The Morgan fingerprint density at radius 3 is 2.66 bits per heavy atom. The molecule has 0 saturated carbocycles. The summed E-state index contributed by atoms with van der Waals surface area (Å²) in [5, 5.41) is 7.21. The van der Waals surface area contributed by atoms with Gasteiger partial charge in [0.1, 0.15) is 12.4 Å². The molecule has 1 N–H and O–H groups in total. The van der Waals surface area contributed by atoms with Gasteiger partial charge in [0.2, 0.25) is 0 Å². The molecule has 29 heavy (non-hydrogen) atoms. The fourth-order valence-electron chi connectivity index (χ4n) is 3.47. The van der Waals surface area contributed by atoms with Gasteiger partial charge in [-0.1, -0.05) is 30.7 Å². The zero-order chi connectivity index (χ0) is 20.4. The molecule has 1 aliphatic rings. The Kier molecular flexibility index (Phi) is 4.92. The number of nitrogens with one attached hydrogen (secondary N) is 1. The number of ether oxygens (including phenoxy) is 1. The van der Waals surface area contributed by atoms with E-state index in [-0.39, 0.29) is 17.8 Å². The summed E-state index contributed by atoms with van der Waals surface area (Å²) in [6.45, 7) is 4.37. The minimum atomic E-state index is -0.474. The van der Waals surface area contributed by atoms with Gasteiger partial charge in [-0.15, -0.1) is 0 Å². The summed E-state index contributed by atoms with van der Waals surface area (Å²) in [5.74, 6) is -0.278. The molecule has 1 aliphatic carbocycles. The van der Waals surface area contributed by atoms with Crippen molar-refractivity contribution in [1.82, 2.24) is 9.78 Å². The van der Waals surface area contributed by atoms with Crippen molar-refractivity contribution in [3.8, 4) is 5.69 Å². The normalized spacial score (nSPS) is 18.0. The molecule has 0 bridgehead atoms. The largest absolute Gasteiger partial charge is 0.448 e. The van der Waals surface area contributed by atoms with Gasteiger partial charge in [-0.25, -0.2) is 13.9 Å². The molecule has 4 rings (SSSR count). The second kappa shape index (κ2) is 7.54. The average molecular weight is 391 g/mol. The molecule has 0 fully saturated rings. The van der Waals surface area contributed by atoms with E-state index in [0.717, 1.165) is 22.5 Å². The molecule has 6 heteroatoms. The second-order valence-corrected chi connectivity index (χ2v) is 7.58. The van der Waals surface area contributed by atoms with Crippen molar-refractivity contribution in [3.63, 3.8) is 0 Å². The summed E-state index contributed by atoms with van der Waals surface area (Å²) in [7, 11) is 0. The van der Waals surface area contributed by atoms with Crippen LogP contribution < -0.4 is 5.32 Å². The van der Waals surface area contributed by atoms with E-state index in [1.165, 1.54) is 12.1 Å². The number of aromatic nitrogens is 2. The number of hydrogen-bond donors (Lipinski definition) is 1. The van der Waals surface area contributed by atoms with Crippen LogP contribution in [0.5, 0.6) is 0 Å². The zero-order valence-corrected chi connectivity index (χ0v) is 16.4. The third kappa shape index (κ3) is 3.92. The first kappa shape index (κ1) is 18.9. The number of nitrogens with zero attached hydrogens (tertiary/aromatic N) is 2. The monoisotopic (exact) mass is 391 g/mol. The van der Waals surface area contributed by atoms with E-state index in [4.69, 9.17) is 4.74 Å². The number of carbonyl (C=O) groups is 1. The lowest BCUT2D eigenvalue weighted by Gasteiger charge is -2.33. The van der Waals surface area contributed by atoms with E-state index in [0.29, 0.717) is 12.1 Å². The third-order valence-electron chi connectivity index (χ3n) is 5.39. The summed E-state index contributed by atoms with van der Waals surface area (Å²) in [4.78, 5) is 12.2. The first-order chi connectivity index (χ1) is 13.9. The molecule has 0 spiro atoms. The molecule has 1 amide bonds. The smallest absolute Gasteiger partial charge is 0.411 e. The molecule has 0 radical (unpaired) electrons. The zero-order valence-electron chi connectivity index (χ0n) is 16.4. The molecule has 5 nitrogen and oxygen atoms in total. The van der Waals surface area contributed by atoms with Crippen LogP contribution in [0.25, 0.3) is 11.8 Å². The van der Waals surface area contributed by atoms with Crippen LogP contribution >= 0.6 is 0 Å². The summed E-state index contributed by atoms with van der Waals surface area (Å²) >= 11 is 0. The van der Waals surface area contributed by atoms with Crippen LogP contribution in [0.4, 0.5) is 14.9 Å². The van der Waals surface area contributed by atoms with E-state index in [2.05, 4.69) is 23.4 Å². The van der Waals surface area contributed by atoms with Crippen molar-refractivity contribution in [1.29, 1.82) is 0 Å². The summed E-state index contributed by atoms with van der Waals surface area (Å²) in [6, 6.07) is 15.5. The Balaban J connectivity index is 1.48. The van der Waals surface area contributed by atoms with Crippen molar-refractivity contribution in [2.24, 2.45) is 5.41 Å². The number of rotatable bonds is 4. The van der Waals surface area contributed by atoms with Gasteiger partial charge in [-0.2, -0.15) is 5.10 Å². The van der Waals surface area contributed by atoms with Gasteiger partial charge >= 0.3 is 6.09 Å². The van der Waals surface area contributed by atoms with Crippen LogP contribution in [-0.2, 0) is 11.2 Å². The van der Waals surface area contributed by atoms with Gasteiger partial charge in [0.25, 0.3) is 0 Å². The lowest BCUT2D eigenvalue weighted by atomic mass is 9.74. The number of benzene rings is 2. The maximum Gasteiger partial charge on any atom is 0.411 e. The van der Waals surface area contributed by atoms with Gasteiger partial charge in [-0.3, -0.25) is 5.32 Å². The van der Waals surface area contributed by atoms with Gasteiger partial charge in [0, 0.05) is 11.1 Å². The summed E-state index contributed by atoms with van der Waals surface area (Å²) in [6.07, 6.45) is 4.11. The highest BCUT2D eigenvalue weighted by atomic mass is 19.1. The number of amides is 1. The molecule has 0 saturated heterocycles. The highest BCUT2D eigenvalue weighted by molar-refractivity contribution is 5.84. The minimum Gasteiger partial charge on any atom is -0.448 e. The molecule has 1 heterocycles. The van der Waals surface area contributed by atoms with Crippen molar-refractivity contribution < 1.29 is 13.9 Å². The molecule has 2 aromatic carbocycles. The fraction of sp³-hybridized carbons (Fsp3) is 0.217. The highest BCUT2D eigenvalue weighted by Crippen LogP contribution is 2.39. The second-order valence-electron chi connectivity index (χ2n) is 7.58. The summed E-state index contributed by atoms with van der Waals surface area (Å²) in [5.41, 5.74) is 4.31. The Hall–Kier alpha value is -3.41. The SMILES string of the molecule is CC1=Cc2c(cnn2-c2ccc(F)cc2)CC1(C)COC(=O)Nc1ccccc1. The van der Waals surface area contributed by atoms with Crippen LogP contribution in [0.3, 0.4) is 0 Å². The Bertz CT molecular complexity index is 1060. The Morgan fingerprint density at radius 1 is 1.21 bits per heavy atom. The standard InChI is InChI=1S/C23H22FN3O2/c1-16-12-21-17(14-25-27(21)20-10-8-18(24)9-11-20)13-23(16,2)15-29-22(28)26-19-6-4-3-5-7-19/h3-12,14H,13,15H2,1-2H3,(H,26,28). The van der Waals surface area contributed by atoms with Crippen LogP contribution in [0.1, 0.15) is 25.1 Å². The number of halogens is 1. The van der Waals surface area contributed by atoms with E-state index in [9.17, 15) is 9.18 Å². The molecule has 1 unspecified atom stereocenters. The van der Waals surface area contributed by atoms with Crippen LogP contribution in [0.2, 0.25) is 0 Å². The molecule has 3 aromatic rings. The van der Waals surface area contributed by atoms with Gasteiger partial charge in [0.15, 0.2) is 0 Å². The van der Waals surface area contributed by atoms with E-state index >= 15 is 0 Å². The third-order valence-corrected chi connectivity index (χ3v) is 5.39. The van der Waals surface area contributed by atoms with Crippen LogP contribution in [0, 0.1) is 11.2 Å².